The van der Waals surface area contributed by atoms with E-state index in [0.717, 1.165) is 41.8 Å². The molecule has 0 radical (unpaired) electrons. The Morgan fingerprint density at radius 3 is 2.68 bits per heavy atom. The largest absolute Gasteiger partial charge is 0.493 e. The maximum Gasteiger partial charge on any atom is 0.343 e. The van der Waals surface area contributed by atoms with Gasteiger partial charge in [0.15, 0.2) is 16.9 Å². The number of ether oxygens (including phenoxy) is 3. The summed E-state index contributed by atoms with van der Waals surface area (Å²) in [5, 5.41) is 0. The van der Waals surface area contributed by atoms with Crippen molar-refractivity contribution in [3.8, 4) is 22.8 Å². The van der Waals surface area contributed by atoms with Crippen LogP contribution in [0.5, 0.6) is 11.5 Å². The summed E-state index contributed by atoms with van der Waals surface area (Å²) < 4.78 is 18.7. The number of esters is 1. The number of methoxy groups -OCH3 is 1. The molecular weight excluding hydrogens is 358 g/mol. The smallest absolute Gasteiger partial charge is 0.343 e. The first-order valence-corrected chi connectivity index (χ1v) is 9.90. The molecule has 148 valence electrons. The molecule has 1 aromatic carbocycles. The van der Waals surface area contributed by atoms with Gasteiger partial charge in [0.1, 0.15) is 5.56 Å². The van der Waals surface area contributed by atoms with E-state index in [2.05, 4.69) is 0 Å². The van der Waals surface area contributed by atoms with Crippen molar-refractivity contribution in [3.05, 3.63) is 45.7 Å². The number of hydrogen-bond donors (Lipinski definition) is 0. The summed E-state index contributed by atoms with van der Waals surface area (Å²) in [5.74, 6) is 0.861. The van der Waals surface area contributed by atoms with Gasteiger partial charge < -0.3 is 18.8 Å². The van der Waals surface area contributed by atoms with E-state index in [1.165, 1.54) is 18.9 Å². The maximum absolute atomic E-state index is 12.5. The van der Waals surface area contributed by atoms with Gasteiger partial charge in [-0.25, -0.2) is 4.79 Å². The highest BCUT2D eigenvalue weighted by Gasteiger charge is 2.24. The molecule has 6 heteroatoms. The van der Waals surface area contributed by atoms with Crippen LogP contribution in [0, 0.1) is 0 Å². The molecule has 28 heavy (non-hydrogen) atoms. The van der Waals surface area contributed by atoms with Gasteiger partial charge in [-0.1, -0.05) is 0 Å². The Kier molecular flexibility index (Phi) is 5.11. The van der Waals surface area contributed by atoms with Crippen molar-refractivity contribution < 1.29 is 19.0 Å². The second kappa shape index (κ2) is 7.70. The van der Waals surface area contributed by atoms with Crippen LogP contribution in [0.3, 0.4) is 0 Å². The summed E-state index contributed by atoms with van der Waals surface area (Å²) in [5.41, 5.74) is 2.58. The highest BCUT2D eigenvalue weighted by atomic mass is 16.5. The maximum atomic E-state index is 12.5. The summed E-state index contributed by atoms with van der Waals surface area (Å²) in [7, 11) is 1.63. The second-order valence-electron chi connectivity index (χ2n) is 7.28. The zero-order valence-electron chi connectivity index (χ0n) is 16.3. The van der Waals surface area contributed by atoms with E-state index in [4.69, 9.17) is 14.2 Å². The predicted molar refractivity (Wildman–Crippen MR) is 105 cm³/mol. The molecule has 1 saturated carbocycles. The number of benzene rings is 1. The Balaban J connectivity index is 1.73. The summed E-state index contributed by atoms with van der Waals surface area (Å²) in [6, 6.07) is 5.50. The van der Waals surface area contributed by atoms with Crippen LogP contribution in [-0.4, -0.2) is 30.4 Å². The minimum Gasteiger partial charge on any atom is -0.493 e. The second-order valence-corrected chi connectivity index (χ2v) is 7.28. The van der Waals surface area contributed by atoms with E-state index in [1.54, 1.807) is 20.2 Å². The average molecular weight is 383 g/mol. The molecule has 2 heterocycles. The van der Waals surface area contributed by atoms with Gasteiger partial charge in [0, 0.05) is 24.4 Å². The lowest BCUT2D eigenvalue weighted by atomic mass is 9.96. The summed E-state index contributed by atoms with van der Waals surface area (Å²) in [4.78, 5) is 24.5. The van der Waals surface area contributed by atoms with Gasteiger partial charge in [0.25, 0.3) is 0 Å². The van der Waals surface area contributed by atoms with Gasteiger partial charge in [0.05, 0.1) is 25.5 Å². The van der Waals surface area contributed by atoms with Crippen molar-refractivity contribution in [2.24, 2.45) is 0 Å². The van der Waals surface area contributed by atoms with Gasteiger partial charge in [-0.05, 0) is 56.7 Å². The molecule has 0 N–H and O–H groups in total. The molecule has 6 nitrogen and oxygen atoms in total. The molecule has 0 amide bonds. The standard InChI is InChI=1S/C22H25NO5/c1-3-27-22(25)17-13-23-9-8-14-10-21(28-15-6-4-5-7-15)20(26-2)11-16(14)18(23)12-19(17)24/h10-13,15H,3-9H2,1-2H3. The average Bonchev–Trinajstić information content (AvgIpc) is 3.20. The minimum atomic E-state index is -0.577. The van der Waals surface area contributed by atoms with Gasteiger partial charge in [-0.3, -0.25) is 4.79 Å². The lowest BCUT2D eigenvalue weighted by molar-refractivity contribution is 0.0524. The Bertz CT molecular complexity index is 956. The zero-order valence-corrected chi connectivity index (χ0v) is 16.3. The fraction of sp³-hybridized carbons (Fsp3) is 0.455. The van der Waals surface area contributed by atoms with Crippen LogP contribution < -0.4 is 14.9 Å². The third kappa shape index (κ3) is 3.39. The minimum absolute atomic E-state index is 0.0715. The monoisotopic (exact) mass is 383 g/mol. The topological polar surface area (TPSA) is 66.8 Å². The lowest BCUT2D eigenvalue weighted by Gasteiger charge is -2.25. The van der Waals surface area contributed by atoms with E-state index in [-0.39, 0.29) is 23.7 Å². The number of pyridine rings is 1. The van der Waals surface area contributed by atoms with Gasteiger partial charge in [-0.2, -0.15) is 0 Å². The Morgan fingerprint density at radius 1 is 1.18 bits per heavy atom. The number of rotatable bonds is 5. The molecular formula is C22H25NO5. The van der Waals surface area contributed by atoms with Crippen LogP contribution in [0.4, 0.5) is 0 Å². The Morgan fingerprint density at radius 2 is 1.96 bits per heavy atom. The van der Waals surface area contributed by atoms with Gasteiger partial charge in [0.2, 0.25) is 0 Å². The first-order chi connectivity index (χ1) is 13.6. The van der Waals surface area contributed by atoms with Crippen LogP contribution in [0.15, 0.2) is 29.2 Å². The van der Waals surface area contributed by atoms with E-state index in [0.29, 0.717) is 12.3 Å². The third-order valence-electron chi connectivity index (χ3n) is 5.51. The van der Waals surface area contributed by atoms with Crippen molar-refractivity contribution >= 4 is 5.97 Å². The van der Waals surface area contributed by atoms with E-state index in [1.807, 2.05) is 16.7 Å². The van der Waals surface area contributed by atoms with Crippen LogP contribution in [0.1, 0.15) is 48.5 Å². The molecule has 0 atom stereocenters. The quantitative estimate of drug-likeness (QED) is 0.739. The fourth-order valence-corrected chi connectivity index (χ4v) is 4.08. The fourth-order valence-electron chi connectivity index (χ4n) is 4.08. The highest BCUT2D eigenvalue weighted by Crippen LogP contribution is 2.39. The molecule has 0 saturated heterocycles. The van der Waals surface area contributed by atoms with Crippen molar-refractivity contribution in [2.45, 2.75) is 51.7 Å². The molecule has 0 bridgehead atoms. The number of carbonyl (C=O) groups is 1. The van der Waals surface area contributed by atoms with Crippen molar-refractivity contribution in [1.82, 2.24) is 4.57 Å². The van der Waals surface area contributed by atoms with E-state index < -0.39 is 5.97 Å². The molecule has 1 aliphatic carbocycles. The lowest BCUT2D eigenvalue weighted by Crippen LogP contribution is -2.23. The molecule has 4 rings (SSSR count). The van der Waals surface area contributed by atoms with Crippen LogP contribution in [0.2, 0.25) is 0 Å². The third-order valence-corrected chi connectivity index (χ3v) is 5.51. The van der Waals surface area contributed by atoms with E-state index in [9.17, 15) is 9.59 Å². The summed E-state index contributed by atoms with van der Waals surface area (Å²) >= 11 is 0. The molecule has 2 aromatic rings. The SMILES string of the molecule is CCOC(=O)c1cn2c(cc1=O)-c1cc(OC)c(OC3CCCC3)cc1CC2. The first-order valence-electron chi connectivity index (χ1n) is 9.90. The van der Waals surface area contributed by atoms with Crippen molar-refractivity contribution in [2.75, 3.05) is 13.7 Å². The molecule has 0 unspecified atom stereocenters. The molecule has 0 spiro atoms. The van der Waals surface area contributed by atoms with Gasteiger partial charge in [-0.15, -0.1) is 0 Å². The van der Waals surface area contributed by atoms with Gasteiger partial charge >= 0.3 is 5.97 Å². The number of nitrogens with zero attached hydrogens (tertiary/aromatic N) is 1. The number of hydrogen-bond acceptors (Lipinski definition) is 5. The van der Waals surface area contributed by atoms with E-state index >= 15 is 0 Å². The first kappa shape index (κ1) is 18.6. The normalized spacial score (nSPS) is 15.6. The molecule has 1 fully saturated rings. The zero-order chi connectivity index (χ0) is 19.7. The summed E-state index contributed by atoms with van der Waals surface area (Å²) in [6.07, 6.45) is 7.21. The molecule has 2 aliphatic rings. The number of aromatic nitrogens is 1. The predicted octanol–water partition coefficient (Wildman–Crippen LogP) is 3.58. The van der Waals surface area contributed by atoms with Crippen molar-refractivity contribution in [3.63, 3.8) is 0 Å². The number of aryl methyl sites for hydroxylation is 2. The number of fused-ring (bicyclic) bond motifs is 3. The van der Waals surface area contributed by atoms with Crippen molar-refractivity contribution in [1.29, 1.82) is 0 Å². The number of carbonyl (C=O) groups excluding carboxylic acids is 1. The Hall–Kier alpha value is -2.76. The Labute approximate surface area is 164 Å². The van der Waals surface area contributed by atoms with Crippen LogP contribution >= 0.6 is 0 Å². The molecule has 1 aliphatic heterocycles. The summed E-state index contributed by atoms with van der Waals surface area (Å²) in [6.45, 7) is 2.65. The molecule has 1 aromatic heterocycles. The van der Waals surface area contributed by atoms with Crippen LogP contribution in [0.25, 0.3) is 11.3 Å². The highest BCUT2D eigenvalue weighted by molar-refractivity contribution is 5.89. The van der Waals surface area contributed by atoms with Crippen LogP contribution in [-0.2, 0) is 17.7 Å².